The van der Waals surface area contributed by atoms with Crippen LogP contribution in [0.3, 0.4) is 0 Å². The summed E-state index contributed by atoms with van der Waals surface area (Å²) in [6.07, 6.45) is -1.11. The molecule has 11 heteroatoms. The van der Waals surface area contributed by atoms with Crippen molar-refractivity contribution in [1.82, 2.24) is 4.90 Å². The van der Waals surface area contributed by atoms with Crippen LogP contribution in [0.1, 0.15) is 71.9 Å². The summed E-state index contributed by atoms with van der Waals surface area (Å²) < 4.78 is 33.9. The second-order valence-electron chi connectivity index (χ2n) is 13.6. The first-order chi connectivity index (χ1) is 19.5. The van der Waals surface area contributed by atoms with Crippen LogP contribution in [0.4, 0.5) is 4.79 Å². The summed E-state index contributed by atoms with van der Waals surface area (Å²) in [5, 5.41) is 12.4. The number of nitrogens with zero attached hydrogens (tertiary/aromatic N) is 1. The lowest BCUT2D eigenvalue weighted by Crippen LogP contribution is -2.74. The molecule has 2 heterocycles. The smallest absolute Gasteiger partial charge is 0.493 e. The second kappa shape index (κ2) is 10.2. The van der Waals surface area contributed by atoms with E-state index in [1.165, 1.54) is 0 Å². The molecule has 2 aliphatic heterocycles. The molecular weight excluding hydrogens is 546 g/mol. The van der Waals surface area contributed by atoms with Gasteiger partial charge in [-0.1, -0.05) is 6.07 Å². The summed E-state index contributed by atoms with van der Waals surface area (Å²) in [5.41, 5.74) is -1.85. The molecular formula is C31H41NO10. The minimum atomic E-state index is -1.64. The molecule has 0 amide bonds. The lowest BCUT2D eigenvalue weighted by Gasteiger charge is -2.61. The van der Waals surface area contributed by atoms with Crippen molar-refractivity contribution in [3.63, 3.8) is 0 Å². The fraction of sp³-hybridized carbons (Fsp3) is 0.645. The Morgan fingerprint density at radius 2 is 1.81 bits per heavy atom. The van der Waals surface area contributed by atoms with Gasteiger partial charge in [0.1, 0.15) is 17.0 Å². The van der Waals surface area contributed by atoms with Crippen LogP contribution in [0.25, 0.3) is 0 Å². The summed E-state index contributed by atoms with van der Waals surface area (Å²) in [6.45, 7) is 10.7. The van der Waals surface area contributed by atoms with E-state index in [-0.39, 0.29) is 18.2 Å². The van der Waals surface area contributed by atoms with Gasteiger partial charge < -0.3 is 38.4 Å². The summed E-state index contributed by atoms with van der Waals surface area (Å²) >= 11 is 0. The zero-order valence-corrected chi connectivity index (χ0v) is 25.6. The van der Waals surface area contributed by atoms with Gasteiger partial charge in [0, 0.05) is 18.0 Å². The Bertz CT molecular complexity index is 1290. The first-order valence-electron chi connectivity index (χ1n) is 14.3. The van der Waals surface area contributed by atoms with Gasteiger partial charge in [-0.25, -0.2) is 9.59 Å². The van der Waals surface area contributed by atoms with Crippen molar-refractivity contribution in [1.29, 1.82) is 0 Å². The summed E-state index contributed by atoms with van der Waals surface area (Å²) in [6, 6.07) is 3.68. The van der Waals surface area contributed by atoms with Gasteiger partial charge in [-0.05, 0) is 85.7 Å². The van der Waals surface area contributed by atoms with Crippen LogP contribution < -0.4 is 9.47 Å². The van der Waals surface area contributed by atoms with Crippen molar-refractivity contribution in [2.24, 2.45) is 0 Å². The maximum atomic E-state index is 13.6. The molecule has 1 N–H and O–H groups in total. The summed E-state index contributed by atoms with van der Waals surface area (Å²) in [7, 11) is 3.56. The van der Waals surface area contributed by atoms with Crippen LogP contribution in [-0.2, 0) is 40.4 Å². The number of ether oxygens (including phenoxy) is 6. The first kappa shape index (κ1) is 30.2. The quantitative estimate of drug-likeness (QED) is 0.387. The van der Waals surface area contributed by atoms with Crippen LogP contribution in [0.2, 0.25) is 0 Å². The Labute approximate surface area is 246 Å². The van der Waals surface area contributed by atoms with Crippen molar-refractivity contribution in [3.05, 3.63) is 35.1 Å². The average Bonchev–Trinajstić information content (AvgIpc) is 3.21. The van der Waals surface area contributed by atoms with Crippen LogP contribution in [0, 0.1) is 0 Å². The zero-order valence-electron chi connectivity index (χ0n) is 25.6. The van der Waals surface area contributed by atoms with Crippen molar-refractivity contribution < 1.29 is 47.9 Å². The number of hydrogen-bond acceptors (Lipinski definition) is 11. The molecule has 1 spiro atoms. The average molecular weight is 588 g/mol. The Balaban J connectivity index is 1.47. The van der Waals surface area contributed by atoms with Gasteiger partial charge in [0.05, 0.1) is 24.5 Å². The predicted molar refractivity (Wildman–Crippen MR) is 149 cm³/mol. The molecule has 2 bridgehead atoms. The van der Waals surface area contributed by atoms with Gasteiger partial charge in [-0.15, -0.1) is 0 Å². The molecule has 42 heavy (non-hydrogen) atoms. The van der Waals surface area contributed by atoms with Crippen molar-refractivity contribution >= 4 is 18.1 Å². The van der Waals surface area contributed by atoms with E-state index in [1.54, 1.807) is 54.7 Å². The number of hydrogen-bond donors (Lipinski definition) is 1. The number of methoxy groups -OCH3 is 1. The molecule has 1 unspecified atom stereocenters. The zero-order chi connectivity index (χ0) is 30.8. The number of benzene rings is 1. The third kappa shape index (κ3) is 5.00. The number of likely N-dealkylation sites (tertiary alicyclic amines) is 1. The minimum absolute atomic E-state index is 0.173. The lowest BCUT2D eigenvalue weighted by molar-refractivity contribution is -0.175. The predicted octanol–water partition coefficient (Wildman–Crippen LogP) is 3.57. The molecule has 1 aromatic carbocycles. The van der Waals surface area contributed by atoms with Gasteiger partial charge in [0.25, 0.3) is 0 Å². The van der Waals surface area contributed by atoms with Gasteiger partial charge in [-0.3, -0.25) is 4.79 Å². The largest absolute Gasteiger partial charge is 0.509 e. The Hall–Kier alpha value is -3.31. The summed E-state index contributed by atoms with van der Waals surface area (Å²) in [4.78, 5) is 41.0. The van der Waals surface area contributed by atoms with Gasteiger partial charge >= 0.3 is 18.1 Å². The number of esters is 2. The third-order valence-electron chi connectivity index (χ3n) is 8.44. The van der Waals surface area contributed by atoms with E-state index in [4.69, 9.17) is 28.4 Å². The minimum Gasteiger partial charge on any atom is -0.493 e. The van der Waals surface area contributed by atoms with Crippen LogP contribution in [-0.4, -0.2) is 83.9 Å². The molecule has 5 atom stereocenters. The molecule has 1 aromatic rings. The SMILES string of the molecule is COc1ccc2c3c1O[C@H]1C(OC(=O)C(CC(=O)OC(C)(C)C)OC(=O)OC(C)(C)C)=CC[C@@]4(O)[C@@H](C2)N(C)CC[C@]314. The Morgan fingerprint density at radius 3 is 2.45 bits per heavy atom. The first-order valence-corrected chi connectivity index (χ1v) is 14.3. The van der Waals surface area contributed by atoms with Gasteiger partial charge in [0.2, 0.25) is 6.10 Å². The monoisotopic (exact) mass is 587 g/mol. The van der Waals surface area contributed by atoms with Crippen molar-refractivity contribution in [3.8, 4) is 11.5 Å². The number of carbonyl (C=O) groups excluding carboxylic acids is 3. The van der Waals surface area contributed by atoms with E-state index in [9.17, 15) is 19.5 Å². The molecule has 1 saturated heterocycles. The second-order valence-corrected chi connectivity index (χ2v) is 13.6. The third-order valence-corrected chi connectivity index (χ3v) is 8.44. The summed E-state index contributed by atoms with van der Waals surface area (Å²) in [5.74, 6) is -0.490. The number of likely N-dealkylation sites (N-methyl/N-ethyl adjacent to an activating group) is 1. The van der Waals surface area contributed by atoms with Gasteiger partial charge in [0.15, 0.2) is 17.6 Å². The number of piperidine rings is 1. The molecule has 5 rings (SSSR count). The molecule has 0 radical (unpaired) electrons. The highest BCUT2D eigenvalue weighted by Gasteiger charge is 2.72. The topological polar surface area (TPSA) is 130 Å². The normalized spacial score (nSPS) is 28.5. The maximum absolute atomic E-state index is 13.6. The van der Waals surface area contributed by atoms with E-state index in [2.05, 4.69) is 4.90 Å². The maximum Gasteiger partial charge on any atom is 0.509 e. The van der Waals surface area contributed by atoms with Crippen molar-refractivity contribution in [2.75, 3.05) is 20.7 Å². The van der Waals surface area contributed by atoms with E-state index in [0.717, 1.165) is 11.1 Å². The Morgan fingerprint density at radius 1 is 1.12 bits per heavy atom. The molecule has 2 aliphatic carbocycles. The molecule has 230 valence electrons. The standard InChI is InChI=1S/C31H41NO10/c1-28(2,3)41-22(33)16-20(39-27(35)42-29(4,5)6)26(34)38-19-11-12-31(36)21-15-17-9-10-18(37-8)24-23(17)30(31,25(19)40-24)13-14-32(21)7/h9-11,20-21,25,36H,12-16H2,1-8H3/t20?,21-,25+,30+,31-/m1/s1. The molecule has 1 fully saturated rings. The van der Waals surface area contributed by atoms with Crippen LogP contribution >= 0.6 is 0 Å². The van der Waals surface area contributed by atoms with E-state index in [0.29, 0.717) is 30.9 Å². The van der Waals surface area contributed by atoms with E-state index >= 15 is 0 Å². The van der Waals surface area contributed by atoms with E-state index < -0.39 is 58.9 Å². The fourth-order valence-corrected chi connectivity index (χ4v) is 6.87. The highest BCUT2D eigenvalue weighted by molar-refractivity contribution is 5.84. The molecule has 11 nitrogen and oxygen atoms in total. The number of carbonyl (C=O) groups is 3. The van der Waals surface area contributed by atoms with E-state index in [1.807, 2.05) is 19.2 Å². The molecule has 4 aliphatic rings. The number of rotatable bonds is 6. The van der Waals surface area contributed by atoms with Crippen LogP contribution in [0.5, 0.6) is 11.5 Å². The Kier molecular flexibility index (Phi) is 7.29. The highest BCUT2D eigenvalue weighted by Crippen LogP contribution is 2.65. The molecule has 0 aromatic heterocycles. The molecule has 0 saturated carbocycles. The van der Waals surface area contributed by atoms with Crippen molar-refractivity contribution in [2.45, 2.75) is 108 Å². The van der Waals surface area contributed by atoms with Crippen LogP contribution in [0.15, 0.2) is 24.0 Å². The lowest BCUT2D eigenvalue weighted by atomic mass is 9.50. The highest BCUT2D eigenvalue weighted by atomic mass is 16.7. The van der Waals surface area contributed by atoms with Gasteiger partial charge in [-0.2, -0.15) is 0 Å². The fourth-order valence-electron chi connectivity index (χ4n) is 6.87. The number of aliphatic hydroxyl groups is 1.